The summed E-state index contributed by atoms with van der Waals surface area (Å²) in [5, 5.41) is 14.1. The number of rotatable bonds is 10. The smallest absolute Gasteiger partial charge is 0.241 e. The lowest BCUT2D eigenvalue weighted by Gasteiger charge is -2.13. The minimum Gasteiger partial charge on any atom is -0.496 e. The van der Waals surface area contributed by atoms with Crippen molar-refractivity contribution < 1.29 is 14.3 Å². The lowest BCUT2D eigenvalue weighted by molar-refractivity contribution is -0.122. The Balaban J connectivity index is 1.43. The summed E-state index contributed by atoms with van der Waals surface area (Å²) in [6, 6.07) is 9.74. The van der Waals surface area contributed by atoms with Crippen LogP contribution in [0.3, 0.4) is 0 Å². The molecule has 2 N–H and O–H groups in total. The molecule has 0 aliphatic heterocycles. The molecule has 2 heterocycles. The van der Waals surface area contributed by atoms with E-state index in [0.29, 0.717) is 18.5 Å². The van der Waals surface area contributed by atoms with Crippen molar-refractivity contribution in [1.29, 1.82) is 0 Å². The number of nitrogens with one attached hydrogen (secondary N) is 2. The predicted octanol–water partition coefficient (Wildman–Crippen LogP) is 3.27. The first-order valence-corrected chi connectivity index (χ1v) is 10.7. The Morgan fingerprint density at radius 2 is 2.07 bits per heavy atom. The van der Waals surface area contributed by atoms with Crippen LogP contribution in [0.25, 0.3) is 0 Å². The van der Waals surface area contributed by atoms with E-state index in [1.807, 2.05) is 36.6 Å². The van der Waals surface area contributed by atoms with Crippen LogP contribution in [-0.4, -0.2) is 34.7 Å². The van der Waals surface area contributed by atoms with Crippen LogP contribution < -0.4 is 15.4 Å². The molecule has 0 aliphatic carbocycles. The third kappa shape index (κ3) is 6.45. The Morgan fingerprint density at radius 1 is 1.23 bits per heavy atom. The second-order valence-electron chi connectivity index (χ2n) is 7.09. The summed E-state index contributed by atoms with van der Waals surface area (Å²) in [6.45, 7) is 2.08. The van der Waals surface area contributed by atoms with E-state index >= 15 is 0 Å². The molecule has 0 spiro atoms. The summed E-state index contributed by atoms with van der Waals surface area (Å²) in [4.78, 5) is 24.5. The Bertz CT molecular complexity index is 968. The quantitative estimate of drug-likeness (QED) is 0.521. The summed E-state index contributed by atoms with van der Waals surface area (Å²) in [5.41, 5.74) is 2.77. The van der Waals surface area contributed by atoms with Gasteiger partial charge < -0.3 is 15.4 Å². The van der Waals surface area contributed by atoms with E-state index in [4.69, 9.17) is 4.74 Å². The van der Waals surface area contributed by atoms with Crippen molar-refractivity contribution in [2.45, 2.75) is 38.8 Å². The van der Waals surface area contributed by atoms with Crippen molar-refractivity contribution in [3.8, 4) is 5.75 Å². The van der Waals surface area contributed by atoms with E-state index in [-0.39, 0.29) is 24.4 Å². The van der Waals surface area contributed by atoms with E-state index in [0.717, 1.165) is 17.7 Å². The minimum atomic E-state index is -0.116. The molecule has 3 rings (SSSR count). The fourth-order valence-electron chi connectivity index (χ4n) is 3.18. The maximum atomic E-state index is 12.2. The van der Waals surface area contributed by atoms with Gasteiger partial charge in [0.25, 0.3) is 0 Å². The first-order valence-electron chi connectivity index (χ1n) is 9.78. The molecule has 1 unspecified atom stereocenters. The molecule has 8 heteroatoms. The minimum absolute atomic E-state index is 0.0387. The summed E-state index contributed by atoms with van der Waals surface area (Å²) < 4.78 is 6.83. The molecule has 7 nitrogen and oxygen atoms in total. The van der Waals surface area contributed by atoms with E-state index in [1.165, 1.54) is 10.2 Å². The molecule has 0 aliphatic rings. The number of para-hydroxylation sites is 1. The number of aromatic nitrogens is 2. The van der Waals surface area contributed by atoms with Crippen LogP contribution in [0.15, 0.2) is 53.5 Å². The molecular formula is C22H26N4O3S. The van der Waals surface area contributed by atoms with Gasteiger partial charge in [-0.05, 0) is 53.8 Å². The van der Waals surface area contributed by atoms with Crippen molar-refractivity contribution in [3.63, 3.8) is 0 Å². The molecule has 158 valence electrons. The van der Waals surface area contributed by atoms with Crippen molar-refractivity contribution in [2.24, 2.45) is 0 Å². The summed E-state index contributed by atoms with van der Waals surface area (Å²) in [7, 11) is 1.62. The number of hydrogen-bond acceptors (Lipinski definition) is 5. The zero-order chi connectivity index (χ0) is 21.3. The number of carbonyl (C=O) groups is 2. The molecule has 30 heavy (non-hydrogen) atoms. The van der Waals surface area contributed by atoms with Gasteiger partial charge in [0.05, 0.1) is 19.0 Å². The fraction of sp³-hybridized carbons (Fsp3) is 0.318. The maximum Gasteiger partial charge on any atom is 0.241 e. The van der Waals surface area contributed by atoms with Crippen molar-refractivity contribution in [2.75, 3.05) is 12.4 Å². The van der Waals surface area contributed by atoms with Crippen LogP contribution >= 0.6 is 11.3 Å². The molecule has 0 fully saturated rings. The van der Waals surface area contributed by atoms with Gasteiger partial charge in [-0.25, -0.2) is 0 Å². The van der Waals surface area contributed by atoms with Crippen molar-refractivity contribution >= 4 is 28.8 Å². The van der Waals surface area contributed by atoms with E-state index in [9.17, 15) is 9.59 Å². The highest BCUT2D eigenvalue weighted by Gasteiger charge is 2.11. The highest BCUT2D eigenvalue weighted by atomic mass is 32.1. The molecule has 0 bridgehead atoms. The number of carbonyl (C=O) groups excluding carboxylic acids is 2. The second kappa shape index (κ2) is 10.6. The summed E-state index contributed by atoms with van der Waals surface area (Å²) in [6.07, 6.45) is 4.90. The molecular weight excluding hydrogens is 400 g/mol. The topological polar surface area (TPSA) is 85.2 Å². The highest BCUT2D eigenvalue weighted by Crippen LogP contribution is 2.19. The number of hydrogen-bond donors (Lipinski definition) is 2. The predicted molar refractivity (Wildman–Crippen MR) is 118 cm³/mol. The van der Waals surface area contributed by atoms with E-state index in [1.54, 1.807) is 30.8 Å². The van der Waals surface area contributed by atoms with E-state index in [2.05, 4.69) is 27.2 Å². The largest absolute Gasteiger partial charge is 0.496 e. The zero-order valence-electron chi connectivity index (χ0n) is 17.1. The van der Waals surface area contributed by atoms with Crippen LogP contribution in [0.5, 0.6) is 5.75 Å². The van der Waals surface area contributed by atoms with Crippen LogP contribution in [-0.2, 0) is 29.0 Å². The zero-order valence-corrected chi connectivity index (χ0v) is 17.9. The Hall–Kier alpha value is -3.13. The Morgan fingerprint density at radius 3 is 2.83 bits per heavy atom. The number of thiophene rings is 1. The first kappa shape index (κ1) is 21.6. The van der Waals surface area contributed by atoms with Gasteiger partial charge in [0, 0.05) is 18.7 Å². The third-order valence-corrected chi connectivity index (χ3v) is 5.30. The van der Waals surface area contributed by atoms with Gasteiger partial charge in [0.1, 0.15) is 12.3 Å². The van der Waals surface area contributed by atoms with Gasteiger partial charge in [-0.2, -0.15) is 16.4 Å². The third-order valence-electron chi connectivity index (χ3n) is 4.57. The van der Waals surface area contributed by atoms with Gasteiger partial charge in [0.15, 0.2) is 0 Å². The maximum absolute atomic E-state index is 12.2. The Kier molecular flexibility index (Phi) is 7.62. The van der Waals surface area contributed by atoms with Crippen molar-refractivity contribution in [3.05, 3.63) is 64.6 Å². The number of nitrogens with zero attached hydrogens (tertiary/aromatic N) is 2. The lowest BCUT2D eigenvalue weighted by Crippen LogP contribution is -2.36. The number of anilines is 1. The van der Waals surface area contributed by atoms with Crippen LogP contribution in [0, 0.1) is 0 Å². The van der Waals surface area contributed by atoms with Crippen molar-refractivity contribution in [1.82, 2.24) is 15.1 Å². The van der Waals surface area contributed by atoms with Gasteiger partial charge in [-0.15, -0.1) is 0 Å². The van der Waals surface area contributed by atoms with Crippen LogP contribution in [0.2, 0.25) is 0 Å². The number of benzene rings is 1. The number of ether oxygens (including phenoxy) is 1. The average molecular weight is 427 g/mol. The highest BCUT2D eigenvalue weighted by molar-refractivity contribution is 7.07. The van der Waals surface area contributed by atoms with Crippen LogP contribution in [0.1, 0.15) is 24.5 Å². The van der Waals surface area contributed by atoms with Gasteiger partial charge in [-0.1, -0.05) is 18.2 Å². The molecule has 0 saturated heterocycles. The van der Waals surface area contributed by atoms with Gasteiger partial charge in [0.2, 0.25) is 11.8 Å². The van der Waals surface area contributed by atoms with E-state index < -0.39 is 0 Å². The standard InChI is InChI=1S/C22H26N4O3S/c1-16(11-17-9-10-30-15-17)24-22(28)14-26-13-19(12-23-26)25-21(27)8-7-18-5-3-4-6-20(18)29-2/h3-6,9-10,12-13,15-16H,7-8,11,14H2,1-2H3,(H,24,28)(H,25,27). The number of aryl methyl sites for hydroxylation is 1. The van der Waals surface area contributed by atoms with Crippen LogP contribution in [0.4, 0.5) is 5.69 Å². The monoisotopic (exact) mass is 426 g/mol. The lowest BCUT2D eigenvalue weighted by atomic mass is 10.1. The normalized spacial score (nSPS) is 11.7. The fourth-order valence-corrected chi connectivity index (χ4v) is 3.86. The molecule has 2 amide bonds. The summed E-state index contributed by atoms with van der Waals surface area (Å²) >= 11 is 1.65. The van der Waals surface area contributed by atoms with Gasteiger partial charge >= 0.3 is 0 Å². The molecule has 2 aromatic heterocycles. The molecule has 0 saturated carbocycles. The second-order valence-corrected chi connectivity index (χ2v) is 7.87. The molecule has 1 aromatic carbocycles. The molecule has 1 atom stereocenters. The molecule has 0 radical (unpaired) electrons. The molecule has 3 aromatic rings. The average Bonchev–Trinajstić information content (AvgIpc) is 3.38. The SMILES string of the molecule is COc1ccccc1CCC(=O)Nc1cnn(CC(=O)NC(C)Cc2ccsc2)c1. The van der Waals surface area contributed by atoms with Gasteiger partial charge in [-0.3, -0.25) is 14.3 Å². The Labute approximate surface area is 180 Å². The number of amides is 2. The number of methoxy groups -OCH3 is 1. The first-order chi connectivity index (χ1) is 14.5. The summed E-state index contributed by atoms with van der Waals surface area (Å²) in [5.74, 6) is 0.543.